The summed E-state index contributed by atoms with van der Waals surface area (Å²) < 4.78 is 23.7. The van der Waals surface area contributed by atoms with Gasteiger partial charge >= 0.3 is 0 Å². The lowest BCUT2D eigenvalue weighted by atomic mass is 9.87. The van der Waals surface area contributed by atoms with Gasteiger partial charge in [-0.1, -0.05) is 30.3 Å². The number of aliphatic hydroxyl groups excluding tert-OH is 1. The Labute approximate surface area is 134 Å². The second kappa shape index (κ2) is 7.57. The van der Waals surface area contributed by atoms with E-state index >= 15 is 0 Å². The maximum absolute atomic E-state index is 11.9. The van der Waals surface area contributed by atoms with Crippen molar-refractivity contribution in [3.63, 3.8) is 0 Å². The van der Waals surface area contributed by atoms with E-state index in [0.29, 0.717) is 6.54 Å². The fourth-order valence-electron chi connectivity index (χ4n) is 2.91. The van der Waals surface area contributed by atoms with Crippen LogP contribution >= 0.6 is 0 Å². The van der Waals surface area contributed by atoms with Crippen molar-refractivity contribution in [2.45, 2.75) is 38.0 Å². The number of likely N-dealkylation sites (tertiary alicyclic amines) is 1. The van der Waals surface area contributed by atoms with Crippen molar-refractivity contribution in [2.75, 3.05) is 25.4 Å². The summed E-state index contributed by atoms with van der Waals surface area (Å²) >= 11 is 0. The molecule has 1 fully saturated rings. The smallest absolute Gasteiger partial charge is 0.153 e. The Morgan fingerprint density at radius 1 is 1.18 bits per heavy atom. The molecule has 0 saturated carbocycles. The highest BCUT2D eigenvalue weighted by molar-refractivity contribution is 7.92. The van der Waals surface area contributed by atoms with Crippen molar-refractivity contribution in [2.24, 2.45) is 5.92 Å². The third-order valence-electron chi connectivity index (χ3n) is 4.63. The molecule has 1 aromatic carbocycles. The van der Waals surface area contributed by atoms with Crippen LogP contribution in [0.2, 0.25) is 0 Å². The van der Waals surface area contributed by atoms with Crippen LogP contribution in [0.4, 0.5) is 0 Å². The SMILES string of the molecule is CC(C)S(=O)(=O)CCN1CCC(C(O)c2ccccc2)CC1. The van der Waals surface area contributed by atoms with Crippen LogP contribution in [-0.2, 0) is 9.84 Å². The van der Waals surface area contributed by atoms with Crippen molar-refractivity contribution in [1.29, 1.82) is 0 Å². The Kier molecular flexibility index (Phi) is 6.01. The first-order valence-electron chi connectivity index (χ1n) is 8.07. The number of aliphatic hydroxyl groups is 1. The summed E-state index contributed by atoms with van der Waals surface area (Å²) in [6, 6.07) is 9.78. The van der Waals surface area contributed by atoms with Crippen LogP contribution in [0.3, 0.4) is 0 Å². The summed E-state index contributed by atoms with van der Waals surface area (Å²) in [6.45, 7) is 5.80. The van der Waals surface area contributed by atoms with E-state index in [1.807, 2.05) is 30.3 Å². The first-order chi connectivity index (χ1) is 10.4. The highest BCUT2D eigenvalue weighted by atomic mass is 32.2. The average Bonchev–Trinajstić information content (AvgIpc) is 2.53. The Hall–Kier alpha value is -0.910. The molecule has 1 saturated heterocycles. The van der Waals surface area contributed by atoms with Gasteiger partial charge in [0.1, 0.15) is 0 Å². The zero-order valence-electron chi connectivity index (χ0n) is 13.5. The van der Waals surface area contributed by atoms with E-state index in [0.717, 1.165) is 31.5 Å². The van der Waals surface area contributed by atoms with Gasteiger partial charge in [-0.3, -0.25) is 0 Å². The maximum Gasteiger partial charge on any atom is 0.153 e. The zero-order valence-corrected chi connectivity index (χ0v) is 14.3. The molecule has 1 N–H and O–H groups in total. The Bertz CT molecular complexity index is 549. The lowest BCUT2D eigenvalue weighted by Gasteiger charge is -2.34. The van der Waals surface area contributed by atoms with Crippen molar-refractivity contribution >= 4 is 9.84 Å². The zero-order chi connectivity index (χ0) is 16.2. The molecule has 2 rings (SSSR count). The van der Waals surface area contributed by atoms with Gasteiger partial charge in [-0.15, -0.1) is 0 Å². The number of benzene rings is 1. The second-order valence-corrected chi connectivity index (χ2v) is 9.13. The average molecular weight is 325 g/mol. The molecule has 0 aromatic heterocycles. The number of hydrogen-bond donors (Lipinski definition) is 1. The van der Waals surface area contributed by atoms with Gasteiger partial charge in [0.2, 0.25) is 0 Å². The fourth-order valence-corrected chi connectivity index (χ4v) is 3.89. The lowest BCUT2D eigenvalue weighted by molar-refractivity contribution is 0.0606. The van der Waals surface area contributed by atoms with E-state index in [2.05, 4.69) is 4.90 Å². The quantitative estimate of drug-likeness (QED) is 0.871. The molecule has 4 nitrogen and oxygen atoms in total. The number of piperidine rings is 1. The molecule has 1 aromatic rings. The van der Waals surface area contributed by atoms with E-state index in [1.54, 1.807) is 13.8 Å². The molecule has 0 amide bonds. The molecule has 1 atom stereocenters. The highest BCUT2D eigenvalue weighted by Gasteiger charge is 2.27. The molecule has 1 heterocycles. The number of hydrogen-bond acceptors (Lipinski definition) is 4. The van der Waals surface area contributed by atoms with Crippen LogP contribution in [0.15, 0.2) is 30.3 Å². The Balaban J connectivity index is 1.81. The first-order valence-corrected chi connectivity index (χ1v) is 9.78. The van der Waals surface area contributed by atoms with Gasteiger partial charge in [-0.25, -0.2) is 8.42 Å². The maximum atomic E-state index is 11.9. The van der Waals surface area contributed by atoms with E-state index in [-0.39, 0.29) is 16.9 Å². The van der Waals surface area contributed by atoms with Crippen molar-refractivity contribution in [1.82, 2.24) is 4.90 Å². The molecule has 1 unspecified atom stereocenters. The van der Waals surface area contributed by atoms with Gasteiger partial charge < -0.3 is 10.0 Å². The summed E-state index contributed by atoms with van der Waals surface area (Å²) in [5.41, 5.74) is 0.975. The lowest BCUT2D eigenvalue weighted by Crippen LogP contribution is -2.39. The minimum absolute atomic E-state index is 0.233. The Morgan fingerprint density at radius 3 is 2.32 bits per heavy atom. The topological polar surface area (TPSA) is 57.6 Å². The largest absolute Gasteiger partial charge is 0.388 e. The molecule has 124 valence electrons. The minimum Gasteiger partial charge on any atom is -0.388 e. The molecule has 1 aliphatic rings. The van der Waals surface area contributed by atoms with E-state index in [4.69, 9.17) is 0 Å². The van der Waals surface area contributed by atoms with E-state index < -0.39 is 15.9 Å². The van der Waals surface area contributed by atoms with E-state index in [1.165, 1.54) is 0 Å². The summed E-state index contributed by atoms with van der Waals surface area (Å²) in [4.78, 5) is 2.20. The van der Waals surface area contributed by atoms with Gasteiger partial charge in [0.25, 0.3) is 0 Å². The van der Waals surface area contributed by atoms with Crippen LogP contribution in [0, 0.1) is 5.92 Å². The molecule has 5 heteroatoms. The van der Waals surface area contributed by atoms with E-state index in [9.17, 15) is 13.5 Å². The highest BCUT2D eigenvalue weighted by Crippen LogP contribution is 2.30. The number of nitrogens with zero attached hydrogens (tertiary/aromatic N) is 1. The second-order valence-electron chi connectivity index (χ2n) is 6.45. The number of sulfone groups is 1. The molecular formula is C17H27NO3S. The molecule has 1 aliphatic heterocycles. The predicted octanol–water partition coefficient (Wildman–Crippen LogP) is 2.26. The van der Waals surface area contributed by atoms with Crippen LogP contribution in [0.5, 0.6) is 0 Å². The molecule has 0 bridgehead atoms. The molecule has 0 spiro atoms. The van der Waals surface area contributed by atoms with Crippen molar-refractivity contribution in [3.8, 4) is 0 Å². The van der Waals surface area contributed by atoms with Crippen LogP contribution < -0.4 is 0 Å². The van der Waals surface area contributed by atoms with Gasteiger partial charge in [0.05, 0.1) is 17.1 Å². The molecule has 22 heavy (non-hydrogen) atoms. The summed E-state index contributed by atoms with van der Waals surface area (Å²) in [5, 5.41) is 10.1. The molecular weight excluding hydrogens is 298 g/mol. The van der Waals surface area contributed by atoms with Gasteiger partial charge in [0, 0.05) is 6.54 Å². The van der Waals surface area contributed by atoms with Crippen molar-refractivity contribution < 1.29 is 13.5 Å². The number of rotatable bonds is 6. The van der Waals surface area contributed by atoms with Crippen molar-refractivity contribution in [3.05, 3.63) is 35.9 Å². The Morgan fingerprint density at radius 2 is 1.77 bits per heavy atom. The standard InChI is InChI=1S/C17H27NO3S/c1-14(2)22(20,21)13-12-18-10-8-16(9-11-18)17(19)15-6-4-3-5-7-15/h3-7,14,16-17,19H,8-13H2,1-2H3. The van der Waals surface area contributed by atoms with Gasteiger partial charge in [0.15, 0.2) is 9.84 Å². The van der Waals surface area contributed by atoms with Crippen LogP contribution in [0.1, 0.15) is 38.4 Å². The monoisotopic (exact) mass is 325 g/mol. The summed E-state index contributed by atoms with van der Waals surface area (Å²) in [5.74, 6) is 0.497. The van der Waals surface area contributed by atoms with Gasteiger partial charge in [-0.05, 0) is 51.3 Å². The fraction of sp³-hybridized carbons (Fsp3) is 0.647. The third kappa shape index (κ3) is 4.54. The third-order valence-corrected chi connectivity index (χ3v) is 6.82. The normalized spacial score (nSPS) is 19.5. The predicted molar refractivity (Wildman–Crippen MR) is 89.5 cm³/mol. The summed E-state index contributed by atoms with van der Waals surface area (Å²) in [7, 11) is -2.96. The minimum atomic E-state index is -2.96. The molecule has 0 aliphatic carbocycles. The van der Waals surface area contributed by atoms with Gasteiger partial charge in [-0.2, -0.15) is 0 Å². The molecule has 0 radical (unpaired) electrons. The summed E-state index contributed by atoms with van der Waals surface area (Å²) in [6.07, 6.45) is 1.41. The van der Waals surface area contributed by atoms with Crippen LogP contribution in [-0.4, -0.2) is 49.1 Å². The first kappa shape index (κ1) is 17.4. The van der Waals surface area contributed by atoms with Crippen LogP contribution in [0.25, 0.3) is 0 Å².